The number of rotatable bonds is 5. The third kappa shape index (κ3) is 3.60. The van der Waals surface area contributed by atoms with Gasteiger partial charge in [0, 0.05) is 12.1 Å². The van der Waals surface area contributed by atoms with Crippen LogP contribution >= 0.6 is 0 Å². The SMILES string of the molecule is Cc1cccc(OCC(=O)Nc2ccnn2C(C)C)c1. The maximum atomic E-state index is 11.9. The van der Waals surface area contributed by atoms with Gasteiger partial charge >= 0.3 is 0 Å². The van der Waals surface area contributed by atoms with Crippen LogP contribution in [0.1, 0.15) is 25.5 Å². The second-order valence-corrected chi connectivity index (χ2v) is 4.91. The van der Waals surface area contributed by atoms with Gasteiger partial charge in [-0.15, -0.1) is 0 Å². The third-order valence-corrected chi connectivity index (χ3v) is 2.79. The maximum Gasteiger partial charge on any atom is 0.263 e. The smallest absolute Gasteiger partial charge is 0.263 e. The fourth-order valence-electron chi connectivity index (χ4n) is 1.86. The number of hydrogen-bond acceptors (Lipinski definition) is 3. The molecule has 0 spiro atoms. The van der Waals surface area contributed by atoms with E-state index in [9.17, 15) is 4.79 Å². The molecule has 0 fully saturated rings. The van der Waals surface area contributed by atoms with Gasteiger partial charge in [-0.2, -0.15) is 5.10 Å². The van der Waals surface area contributed by atoms with Gasteiger partial charge in [-0.05, 0) is 38.5 Å². The normalized spacial score (nSPS) is 10.6. The first-order chi connectivity index (χ1) is 9.56. The molecule has 0 atom stereocenters. The van der Waals surface area contributed by atoms with Gasteiger partial charge in [0.15, 0.2) is 6.61 Å². The van der Waals surface area contributed by atoms with Crippen molar-refractivity contribution in [3.05, 3.63) is 42.1 Å². The van der Waals surface area contributed by atoms with Gasteiger partial charge in [0.1, 0.15) is 11.6 Å². The van der Waals surface area contributed by atoms with Crippen LogP contribution in [0.5, 0.6) is 5.75 Å². The second-order valence-electron chi connectivity index (χ2n) is 4.91. The van der Waals surface area contributed by atoms with Gasteiger partial charge in [-0.3, -0.25) is 4.79 Å². The van der Waals surface area contributed by atoms with Gasteiger partial charge in [0.05, 0.1) is 6.20 Å². The molecule has 20 heavy (non-hydrogen) atoms. The van der Waals surface area contributed by atoms with E-state index in [0.29, 0.717) is 11.6 Å². The fraction of sp³-hybridized carbons (Fsp3) is 0.333. The van der Waals surface area contributed by atoms with Crippen LogP contribution in [0, 0.1) is 6.92 Å². The largest absolute Gasteiger partial charge is 0.484 e. The summed E-state index contributed by atoms with van der Waals surface area (Å²) in [7, 11) is 0. The van der Waals surface area contributed by atoms with E-state index in [1.165, 1.54) is 0 Å². The zero-order valence-corrected chi connectivity index (χ0v) is 12.0. The number of hydrogen-bond donors (Lipinski definition) is 1. The van der Waals surface area contributed by atoms with E-state index in [1.807, 2.05) is 45.0 Å². The predicted octanol–water partition coefficient (Wildman–Crippen LogP) is 2.79. The molecule has 0 saturated carbocycles. The number of aryl methyl sites for hydroxylation is 1. The summed E-state index contributed by atoms with van der Waals surface area (Å²) in [6.07, 6.45) is 1.66. The molecule has 0 aliphatic rings. The minimum absolute atomic E-state index is 0.0211. The zero-order valence-electron chi connectivity index (χ0n) is 12.0. The van der Waals surface area contributed by atoms with Crippen LogP contribution in [0.3, 0.4) is 0 Å². The van der Waals surface area contributed by atoms with Crippen molar-refractivity contribution in [2.24, 2.45) is 0 Å². The van der Waals surface area contributed by atoms with E-state index in [2.05, 4.69) is 10.4 Å². The average Bonchev–Trinajstić information content (AvgIpc) is 2.85. The van der Waals surface area contributed by atoms with Crippen LogP contribution in [-0.4, -0.2) is 22.3 Å². The van der Waals surface area contributed by atoms with E-state index >= 15 is 0 Å². The minimum atomic E-state index is -0.200. The van der Waals surface area contributed by atoms with E-state index in [-0.39, 0.29) is 18.6 Å². The van der Waals surface area contributed by atoms with Crippen LogP contribution in [0.25, 0.3) is 0 Å². The lowest BCUT2D eigenvalue weighted by molar-refractivity contribution is -0.118. The van der Waals surface area contributed by atoms with Gasteiger partial charge < -0.3 is 10.1 Å². The summed E-state index contributed by atoms with van der Waals surface area (Å²) in [4.78, 5) is 11.9. The molecule has 0 unspecified atom stereocenters. The Morgan fingerprint density at radius 1 is 1.40 bits per heavy atom. The van der Waals surface area contributed by atoms with Gasteiger partial charge in [-0.25, -0.2) is 4.68 Å². The zero-order chi connectivity index (χ0) is 14.5. The first kappa shape index (κ1) is 14.1. The Morgan fingerprint density at radius 2 is 2.20 bits per heavy atom. The Bertz CT molecular complexity index is 590. The van der Waals surface area contributed by atoms with Crippen molar-refractivity contribution in [3.63, 3.8) is 0 Å². The Morgan fingerprint density at radius 3 is 2.90 bits per heavy atom. The van der Waals surface area contributed by atoms with Gasteiger partial charge in [0.2, 0.25) is 0 Å². The lowest BCUT2D eigenvalue weighted by Crippen LogP contribution is -2.22. The number of benzene rings is 1. The molecule has 2 aromatic rings. The summed E-state index contributed by atoms with van der Waals surface area (Å²) >= 11 is 0. The van der Waals surface area contributed by atoms with Crippen molar-refractivity contribution < 1.29 is 9.53 Å². The molecule has 106 valence electrons. The molecule has 0 bridgehead atoms. The van der Waals surface area contributed by atoms with Gasteiger partial charge in [0.25, 0.3) is 5.91 Å². The number of anilines is 1. The summed E-state index contributed by atoms with van der Waals surface area (Å²) in [6.45, 7) is 5.97. The minimum Gasteiger partial charge on any atom is -0.484 e. The molecule has 0 aliphatic carbocycles. The van der Waals surface area contributed by atoms with E-state index < -0.39 is 0 Å². The number of ether oxygens (including phenoxy) is 1. The highest BCUT2D eigenvalue weighted by Crippen LogP contribution is 2.14. The number of nitrogens with zero attached hydrogens (tertiary/aromatic N) is 2. The molecule has 1 aromatic heterocycles. The molecule has 1 amide bonds. The number of nitrogens with one attached hydrogen (secondary N) is 1. The first-order valence-electron chi connectivity index (χ1n) is 6.59. The molecule has 5 heteroatoms. The third-order valence-electron chi connectivity index (χ3n) is 2.79. The van der Waals surface area contributed by atoms with Crippen LogP contribution in [0.4, 0.5) is 5.82 Å². The molecule has 0 radical (unpaired) electrons. The molecule has 2 rings (SSSR count). The van der Waals surface area contributed by atoms with Crippen LogP contribution in [0.15, 0.2) is 36.5 Å². The van der Waals surface area contributed by atoms with Crippen molar-refractivity contribution in [2.45, 2.75) is 26.8 Å². The summed E-state index contributed by atoms with van der Waals surface area (Å²) in [5.74, 6) is 1.17. The standard InChI is InChI=1S/C15H19N3O2/c1-11(2)18-14(7-8-16-18)17-15(19)10-20-13-6-4-5-12(3)9-13/h4-9,11H,10H2,1-3H3,(H,17,19). The Kier molecular flexibility index (Phi) is 4.40. The first-order valence-corrected chi connectivity index (χ1v) is 6.59. The van der Waals surface area contributed by atoms with Crippen LogP contribution in [0.2, 0.25) is 0 Å². The van der Waals surface area contributed by atoms with Crippen molar-refractivity contribution in [3.8, 4) is 5.75 Å². The fourth-order valence-corrected chi connectivity index (χ4v) is 1.86. The quantitative estimate of drug-likeness (QED) is 0.911. The summed E-state index contributed by atoms with van der Waals surface area (Å²) in [6, 6.07) is 9.57. The highest BCUT2D eigenvalue weighted by Gasteiger charge is 2.09. The molecule has 1 heterocycles. The number of amides is 1. The Labute approximate surface area is 118 Å². The molecule has 0 saturated heterocycles. The summed E-state index contributed by atoms with van der Waals surface area (Å²) in [5, 5.41) is 6.95. The summed E-state index contributed by atoms with van der Waals surface area (Å²) < 4.78 is 7.21. The predicted molar refractivity (Wildman–Crippen MR) is 77.9 cm³/mol. The van der Waals surface area contributed by atoms with E-state index in [1.54, 1.807) is 16.9 Å². The Hall–Kier alpha value is -2.30. The van der Waals surface area contributed by atoms with Crippen LogP contribution < -0.4 is 10.1 Å². The van der Waals surface area contributed by atoms with Crippen molar-refractivity contribution in [2.75, 3.05) is 11.9 Å². The van der Waals surface area contributed by atoms with E-state index in [4.69, 9.17) is 4.74 Å². The molecule has 1 aromatic carbocycles. The lowest BCUT2D eigenvalue weighted by atomic mass is 10.2. The van der Waals surface area contributed by atoms with Gasteiger partial charge in [-0.1, -0.05) is 12.1 Å². The molecular formula is C15H19N3O2. The van der Waals surface area contributed by atoms with E-state index in [0.717, 1.165) is 5.56 Å². The topological polar surface area (TPSA) is 56.1 Å². The van der Waals surface area contributed by atoms with Crippen molar-refractivity contribution in [1.82, 2.24) is 9.78 Å². The number of carbonyl (C=O) groups excluding carboxylic acids is 1. The second kappa shape index (κ2) is 6.23. The van der Waals surface area contributed by atoms with Crippen molar-refractivity contribution >= 4 is 11.7 Å². The summed E-state index contributed by atoms with van der Waals surface area (Å²) in [5.41, 5.74) is 1.10. The monoisotopic (exact) mass is 273 g/mol. The van der Waals surface area contributed by atoms with Crippen molar-refractivity contribution in [1.29, 1.82) is 0 Å². The number of aromatic nitrogens is 2. The maximum absolute atomic E-state index is 11.9. The highest BCUT2D eigenvalue weighted by atomic mass is 16.5. The molecular weight excluding hydrogens is 254 g/mol. The molecule has 1 N–H and O–H groups in total. The van der Waals surface area contributed by atoms with Crippen LogP contribution in [-0.2, 0) is 4.79 Å². The molecule has 5 nitrogen and oxygen atoms in total. The number of carbonyl (C=O) groups is 1. The average molecular weight is 273 g/mol. The highest BCUT2D eigenvalue weighted by molar-refractivity contribution is 5.91. The molecule has 0 aliphatic heterocycles. The Balaban J connectivity index is 1.91. The lowest BCUT2D eigenvalue weighted by Gasteiger charge is -2.12.